The SMILES string of the molecule is COc1ccc(Cc2c(C)c(C)cc(C(=O)O)c2C#N)cc1. The van der Waals surface area contributed by atoms with Crippen LogP contribution in [0.3, 0.4) is 0 Å². The van der Waals surface area contributed by atoms with Crippen molar-refractivity contribution in [3.63, 3.8) is 0 Å². The van der Waals surface area contributed by atoms with Crippen LogP contribution in [-0.2, 0) is 6.42 Å². The second kappa shape index (κ2) is 6.31. The molecule has 0 aliphatic carbocycles. The number of carboxylic acid groups (broad SMARTS) is 1. The molecule has 2 rings (SSSR count). The maximum Gasteiger partial charge on any atom is 0.337 e. The van der Waals surface area contributed by atoms with E-state index in [2.05, 4.69) is 6.07 Å². The van der Waals surface area contributed by atoms with Gasteiger partial charge in [0.05, 0.1) is 18.2 Å². The second-order valence-corrected chi connectivity index (χ2v) is 5.16. The van der Waals surface area contributed by atoms with E-state index < -0.39 is 5.97 Å². The van der Waals surface area contributed by atoms with Crippen LogP contribution in [0.15, 0.2) is 30.3 Å². The molecule has 2 aromatic rings. The molecule has 0 fully saturated rings. The third-order valence-corrected chi connectivity index (χ3v) is 3.86. The minimum Gasteiger partial charge on any atom is -0.497 e. The van der Waals surface area contributed by atoms with Gasteiger partial charge in [-0.05, 0) is 60.7 Å². The highest BCUT2D eigenvalue weighted by Crippen LogP contribution is 2.25. The maximum atomic E-state index is 11.4. The van der Waals surface area contributed by atoms with Crippen molar-refractivity contribution < 1.29 is 14.6 Å². The third-order valence-electron chi connectivity index (χ3n) is 3.86. The largest absolute Gasteiger partial charge is 0.497 e. The lowest BCUT2D eigenvalue weighted by molar-refractivity contribution is 0.0696. The number of benzene rings is 2. The average molecular weight is 295 g/mol. The molecule has 1 N–H and O–H groups in total. The van der Waals surface area contributed by atoms with Crippen molar-refractivity contribution in [3.8, 4) is 11.8 Å². The first kappa shape index (κ1) is 15.6. The molecule has 4 nitrogen and oxygen atoms in total. The minimum absolute atomic E-state index is 0.0640. The van der Waals surface area contributed by atoms with Gasteiger partial charge in [-0.15, -0.1) is 0 Å². The Balaban J connectivity index is 2.53. The number of aryl methyl sites for hydroxylation is 1. The Labute approximate surface area is 129 Å². The van der Waals surface area contributed by atoms with Gasteiger partial charge in [-0.2, -0.15) is 5.26 Å². The van der Waals surface area contributed by atoms with Crippen LogP contribution in [0.1, 0.15) is 38.2 Å². The zero-order chi connectivity index (χ0) is 16.3. The van der Waals surface area contributed by atoms with Crippen molar-refractivity contribution in [2.45, 2.75) is 20.3 Å². The van der Waals surface area contributed by atoms with E-state index in [1.54, 1.807) is 13.2 Å². The Morgan fingerprint density at radius 1 is 1.27 bits per heavy atom. The van der Waals surface area contributed by atoms with Crippen LogP contribution in [-0.4, -0.2) is 18.2 Å². The van der Waals surface area contributed by atoms with Gasteiger partial charge < -0.3 is 9.84 Å². The number of hydrogen-bond acceptors (Lipinski definition) is 3. The number of nitriles is 1. The number of aromatic carboxylic acids is 1. The maximum absolute atomic E-state index is 11.4. The normalized spacial score (nSPS) is 10.1. The number of ether oxygens (including phenoxy) is 1. The fourth-order valence-corrected chi connectivity index (χ4v) is 2.45. The Morgan fingerprint density at radius 3 is 2.41 bits per heavy atom. The Bertz CT molecular complexity index is 755. The Hall–Kier alpha value is -2.80. The van der Waals surface area contributed by atoms with Crippen LogP contribution in [0.2, 0.25) is 0 Å². The fourth-order valence-electron chi connectivity index (χ4n) is 2.45. The molecule has 0 bridgehead atoms. The zero-order valence-electron chi connectivity index (χ0n) is 12.8. The van der Waals surface area contributed by atoms with Gasteiger partial charge in [-0.25, -0.2) is 4.79 Å². The molecule has 112 valence electrons. The van der Waals surface area contributed by atoms with E-state index in [4.69, 9.17) is 4.74 Å². The fraction of sp³-hybridized carbons (Fsp3) is 0.222. The number of methoxy groups -OCH3 is 1. The second-order valence-electron chi connectivity index (χ2n) is 5.16. The molecular weight excluding hydrogens is 278 g/mol. The summed E-state index contributed by atoms with van der Waals surface area (Å²) >= 11 is 0. The molecule has 0 saturated carbocycles. The highest BCUT2D eigenvalue weighted by molar-refractivity contribution is 5.91. The molecule has 4 heteroatoms. The highest BCUT2D eigenvalue weighted by Gasteiger charge is 2.18. The number of rotatable bonds is 4. The van der Waals surface area contributed by atoms with Crippen LogP contribution in [0.4, 0.5) is 0 Å². The van der Waals surface area contributed by atoms with Crippen LogP contribution >= 0.6 is 0 Å². The van der Waals surface area contributed by atoms with Crippen molar-refractivity contribution in [1.82, 2.24) is 0 Å². The van der Waals surface area contributed by atoms with E-state index in [0.717, 1.165) is 28.0 Å². The molecule has 0 aliphatic heterocycles. The van der Waals surface area contributed by atoms with Gasteiger partial charge in [-0.1, -0.05) is 12.1 Å². The minimum atomic E-state index is -1.07. The number of nitrogens with zero attached hydrogens (tertiary/aromatic N) is 1. The summed E-state index contributed by atoms with van der Waals surface area (Å²) in [7, 11) is 1.60. The first-order chi connectivity index (χ1) is 10.5. The molecule has 0 spiro atoms. The number of carbonyl (C=O) groups is 1. The van der Waals surface area contributed by atoms with Crippen molar-refractivity contribution in [2.75, 3.05) is 7.11 Å². The van der Waals surface area contributed by atoms with Crippen molar-refractivity contribution in [2.24, 2.45) is 0 Å². The lowest BCUT2D eigenvalue weighted by Crippen LogP contribution is -2.08. The summed E-state index contributed by atoms with van der Waals surface area (Å²) in [6.45, 7) is 3.78. The summed E-state index contributed by atoms with van der Waals surface area (Å²) in [4.78, 5) is 11.4. The standard InChI is InChI=1S/C18H17NO3/c1-11-8-16(18(20)21)17(10-19)15(12(11)2)9-13-4-6-14(22-3)7-5-13/h4-8H,9H2,1-3H3,(H,20,21). The topological polar surface area (TPSA) is 70.3 Å². The average Bonchev–Trinajstić information content (AvgIpc) is 2.52. The summed E-state index contributed by atoms with van der Waals surface area (Å²) in [5.74, 6) is -0.313. The van der Waals surface area contributed by atoms with E-state index in [1.807, 2.05) is 38.1 Å². The summed E-state index contributed by atoms with van der Waals surface area (Å²) in [5.41, 5.74) is 3.91. The van der Waals surface area contributed by atoms with E-state index in [0.29, 0.717) is 6.42 Å². The Morgan fingerprint density at radius 2 is 1.91 bits per heavy atom. The summed E-state index contributed by atoms with van der Waals surface area (Å²) in [6.07, 6.45) is 0.515. The van der Waals surface area contributed by atoms with E-state index in [9.17, 15) is 15.2 Å². The molecule has 0 saturated heterocycles. The number of carboxylic acids is 1. The van der Waals surface area contributed by atoms with Crippen LogP contribution < -0.4 is 4.74 Å². The van der Waals surface area contributed by atoms with Crippen LogP contribution in [0, 0.1) is 25.2 Å². The Kier molecular flexibility index (Phi) is 4.47. The molecule has 0 aliphatic rings. The van der Waals surface area contributed by atoms with Gasteiger partial charge in [0.2, 0.25) is 0 Å². The van der Waals surface area contributed by atoms with Crippen LogP contribution in [0.5, 0.6) is 5.75 Å². The summed E-state index contributed by atoms with van der Waals surface area (Å²) in [5, 5.41) is 18.7. The predicted octanol–water partition coefficient (Wildman–Crippen LogP) is 3.47. The summed E-state index contributed by atoms with van der Waals surface area (Å²) in [6, 6.07) is 11.2. The molecule has 0 amide bonds. The van der Waals surface area contributed by atoms with Crippen molar-refractivity contribution in [1.29, 1.82) is 5.26 Å². The van der Waals surface area contributed by atoms with Gasteiger partial charge >= 0.3 is 5.97 Å². The van der Waals surface area contributed by atoms with Gasteiger partial charge in [-0.3, -0.25) is 0 Å². The molecule has 22 heavy (non-hydrogen) atoms. The first-order valence-electron chi connectivity index (χ1n) is 6.87. The third kappa shape index (κ3) is 2.94. The molecule has 0 atom stereocenters. The lowest BCUT2D eigenvalue weighted by atomic mass is 9.89. The molecule has 0 aromatic heterocycles. The molecule has 2 aromatic carbocycles. The highest BCUT2D eigenvalue weighted by atomic mass is 16.5. The zero-order valence-corrected chi connectivity index (χ0v) is 12.8. The van der Waals surface area contributed by atoms with E-state index >= 15 is 0 Å². The molecule has 0 unspecified atom stereocenters. The van der Waals surface area contributed by atoms with E-state index in [1.165, 1.54) is 0 Å². The lowest BCUT2D eigenvalue weighted by Gasteiger charge is -2.14. The molecule has 0 radical (unpaired) electrons. The van der Waals surface area contributed by atoms with Crippen molar-refractivity contribution >= 4 is 5.97 Å². The van der Waals surface area contributed by atoms with Crippen molar-refractivity contribution in [3.05, 3.63) is 63.7 Å². The smallest absolute Gasteiger partial charge is 0.337 e. The van der Waals surface area contributed by atoms with Crippen LogP contribution in [0.25, 0.3) is 0 Å². The van der Waals surface area contributed by atoms with Gasteiger partial charge in [0.25, 0.3) is 0 Å². The molecule has 0 heterocycles. The first-order valence-corrected chi connectivity index (χ1v) is 6.87. The predicted molar refractivity (Wildman–Crippen MR) is 83.4 cm³/mol. The van der Waals surface area contributed by atoms with E-state index in [-0.39, 0.29) is 11.1 Å². The van der Waals surface area contributed by atoms with Gasteiger partial charge in [0.15, 0.2) is 0 Å². The number of hydrogen-bond donors (Lipinski definition) is 1. The van der Waals surface area contributed by atoms with Gasteiger partial charge in [0.1, 0.15) is 11.8 Å². The monoisotopic (exact) mass is 295 g/mol. The van der Waals surface area contributed by atoms with Gasteiger partial charge in [0, 0.05) is 0 Å². The molecular formula is C18H17NO3. The summed E-state index contributed by atoms with van der Waals surface area (Å²) < 4.78 is 5.13. The quantitative estimate of drug-likeness (QED) is 0.937.